The van der Waals surface area contributed by atoms with Crippen molar-refractivity contribution in [2.45, 2.75) is 6.10 Å². The van der Waals surface area contributed by atoms with Crippen LogP contribution in [0.4, 0.5) is 5.69 Å². The van der Waals surface area contributed by atoms with E-state index in [1.165, 1.54) is 11.0 Å². The number of ether oxygens (including phenoxy) is 1. The lowest BCUT2D eigenvalue weighted by Crippen LogP contribution is -2.48. The molecule has 1 amide bonds. The highest BCUT2D eigenvalue weighted by Crippen LogP contribution is 2.22. The SMILES string of the molecule is NCC1CN(C(=O)c2cc(Cl)ncc2[N+](=O)[O-])CCO1. The lowest BCUT2D eigenvalue weighted by Gasteiger charge is -2.32. The minimum absolute atomic E-state index is 0.0302. The number of carbonyl (C=O) groups is 1. The molecule has 20 heavy (non-hydrogen) atoms. The molecule has 1 atom stereocenters. The van der Waals surface area contributed by atoms with E-state index in [0.29, 0.717) is 19.7 Å². The summed E-state index contributed by atoms with van der Waals surface area (Å²) in [5.74, 6) is -0.470. The van der Waals surface area contributed by atoms with Crippen molar-refractivity contribution in [3.63, 3.8) is 0 Å². The van der Waals surface area contributed by atoms with Crippen molar-refractivity contribution < 1.29 is 14.5 Å². The van der Waals surface area contributed by atoms with Crippen LogP contribution in [-0.2, 0) is 4.74 Å². The summed E-state index contributed by atoms with van der Waals surface area (Å²) in [4.78, 5) is 27.8. The molecule has 0 bridgehead atoms. The van der Waals surface area contributed by atoms with Crippen molar-refractivity contribution in [1.29, 1.82) is 0 Å². The molecule has 108 valence electrons. The lowest BCUT2D eigenvalue weighted by atomic mass is 10.1. The fourth-order valence-corrected chi connectivity index (χ4v) is 2.11. The van der Waals surface area contributed by atoms with E-state index >= 15 is 0 Å². The van der Waals surface area contributed by atoms with Crippen LogP contribution in [0.5, 0.6) is 0 Å². The number of aromatic nitrogens is 1. The summed E-state index contributed by atoms with van der Waals surface area (Å²) in [6.07, 6.45) is 0.722. The van der Waals surface area contributed by atoms with E-state index in [4.69, 9.17) is 22.1 Å². The average molecular weight is 301 g/mol. The van der Waals surface area contributed by atoms with Gasteiger partial charge in [-0.1, -0.05) is 11.6 Å². The highest BCUT2D eigenvalue weighted by atomic mass is 35.5. The number of carbonyl (C=O) groups excluding carboxylic acids is 1. The van der Waals surface area contributed by atoms with Gasteiger partial charge in [0.15, 0.2) is 0 Å². The van der Waals surface area contributed by atoms with Gasteiger partial charge in [0, 0.05) is 19.6 Å². The molecule has 1 aliphatic heterocycles. The molecule has 0 radical (unpaired) electrons. The van der Waals surface area contributed by atoms with Gasteiger partial charge in [-0.3, -0.25) is 14.9 Å². The summed E-state index contributed by atoms with van der Waals surface area (Å²) in [5, 5.41) is 11.0. The summed E-state index contributed by atoms with van der Waals surface area (Å²) in [6, 6.07) is 1.20. The minimum Gasteiger partial charge on any atom is -0.373 e. The van der Waals surface area contributed by atoms with Crippen molar-refractivity contribution in [1.82, 2.24) is 9.88 Å². The van der Waals surface area contributed by atoms with Gasteiger partial charge < -0.3 is 15.4 Å². The number of nitrogens with two attached hydrogens (primary N) is 1. The molecule has 1 aliphatic rings. The molecule has 2 rings (SSSR count). The summed E-state index contributed by atoms with van der Waals surface area (Å²) in [5.41, 5.74) is 5.06. The highest BCUT2D eigenvalue weighted by molar-refractivity contribution is 6.29. The van der Waals surface area contributed by atoms with Gasteiger partial charge in [-0.25, -0.2) is 4.98 Å². The van der Waals surface area contributed by atoms with Crippen molar-refractivity contribution >= 4 is 23.2 Å². The number of amides is 1. The number of halogens is 1. The second-order valence-electron chi connectivity index (χ2n) is 4.26. The van der Waals surface area contributed by atoms with Crippen molar-refractivity contribution in [2.24, 2.45) is 5.73 Å². The maximum Gasteiger partial charge on any atom is 0.300 e. The molecule has 1 fully saturated rings. The molecule has 1 aromatic heterocycles. The monoisotopic (exact) mass is 300 g/mol. The topological polar surface area (TPSA) is 112 Å². The summed E-state index contributed by atoms with van der Waals surface area (Å²) in [7, 11) is 0. The van der Waals surface area contributed by atoms with E-state index in [-0.39, 0.29) is 29.1 Å². The van der Waals surface area contributed by atoms with Gasteiger partial charge >= 0.3 is 0 Å². The van der Waals surface area contributed by atoms with E-state index < -0.39 is 10.8 Å². The number of rotatable bonds is 3. The largest absolute Gasteiger partial charge is 0.373 e. The van der Waals surface area contributed by atoms with Crippen LogP contribution in [0.2, 0.25) is 5.15 Å². The second kappa shape index (κ2) is 6.12. The van der Waals surface area contributed by atoms with Crippen LogP contribution >= 0.6 is 11.6 Å². The van der Waals surface area contributed by atoms with Gasteiger partial charge in [-0.05, 0) is 6.07 Å². The maximum absolute atomic E-state index is 12.4. The normalized spacial score (nSPS) is 18.9. The van der Waals surface area contributed by atoms with Crippen molar-refractivity contribution in [2.75, 3.05) is 26.2 Å². The first-order valence-corrected chi connectivity index (χ1v) is 6.31. The zero-order valence-corrected chi connectivity index (χ0v) is 11.2. The second-order valence-corrected chi connectivity index (χ2v) is 4.65. The summed E-state index contributed by atoms with van der Waals surface area (Å²) >= 11 is 5.71. The third kappa shape index (κ3) is 3.03. The first-order valence-electron chi connectivity index (χ1n) is 5.93. The number of morpholine rings is 1. The number of nitrogens with zero attached hydrogens (tertiary/aromatic N) is 3. The van der Waals surface area contributed by atoms with Gasteiger partial charge in [-0.15, -0.1) is 0 Å². The van der Waals surface area contributed by atoms with Crippen LogP contribution in [0.1, 0.15) is 10.4 Å². The lowest BCUT2D eigenvalue weighted by molar-refractivity contribution is -0.385. The Balaban J connectivity index is 2.28. The molecule has 2 heterocycles. The summed E-state index contributed by atoms with van der Waals surface area (Å²) in [6.45, 7) is 1.28. The third-order valence-corrected chi connectivity index (χ3v) is 3.17. The molecule has 2 N–H and O–H groups in total. The maximum atomic E-state index is 12.4. The Kier molecular flexibility index (Phi) is 4.48. The van der Waals surface area contributed by atoms with E-state index in [2.05, 4.69) is 4.98 Å². The van der Waals surface area contributed by atoms with Crippen LogP contribution in [0.15, 0.2) is 12.3 Å². The predicted molar refractivity (Wildman–Crippen MR) is 70.6 cm³/mol. The Bertz CT molecular complexity index is 539. The highest BCUT2D eigenvalue weighted by Gasteiger charge is 2.29. The number of hydrogen-bond acceptors (Lipinski definition) is 6. The predicted octanol–water partition coefficient (Wildman–Crippen LogP) is 0.443. The molecule has 0 spiro atoms. The number of hydrogen-bond donors (Lipinski definition) is 1. The molecule has 9 heteroatoms. The molecular weight excluding hydrogens is 288 g/mol. The Morgan fingerprint density at radius 1 is 1.70 bits per heavy atom. The van der Waals surface area contributed by atoms with E-state index in [1.54, 1.807) is 0 Å². The summed E-state index contributed by atoms with van der Waals surface area (Å²) < 4.78 is 5.35. The molecule has 0 saturated carbocycles. The zero-order chi connectivity index (χ0) is 14.7. The van der Waals surface area contributed by atoms with Gasteiger partial charge in [0.2, 0.25) is 0 Å². The average Bonchev–Trinajstić information content (AvgIpc) is 2.46. The Morgan fingerprint density at radius 3 is 3.10 bits per heavy atom. The van der Waals surface area contributed by atoms with Gasteiger partial charge in [-0.2, -0.15) is 0 Å². The molecule has 0 aliphatic carbocycles. The number of nitro groups is 1. The first kappa shape index (κ1) is 14.6. The third-order valence-electron chi connectivity index (χ3n) is 2.97. The van der Waals surface area contributed by atoms with Crippen LogP contribution < -0.4 is 5.73 Å². The molecular formula is C11H13ClN4O4. The zero-order valence-electron chi connectivity index (χ0n) is 10.5. The van der Waals surface area contributed by atoms with Crippen molar-refractivity contribution in [3.8, 4) is 0 Å². The molecule has 8 nitrogen and oxygen atoms in total. The van der Waals surface area contributed by atoms with Crippen LogP contribution in [0.25, 0.3) is 0 Å². The van der Waals surface area contributed by atoms with E-state index in [1.807, 2.05) is 0 Å². The van der Waals surface area contributed by atoms with Gasteiger partial charge in [0.25, 0.3) is 11.6 Å². The van der Waals surface area contributed by atoms with E-state index in [0.717, 1.165) is 6.20 Å². The van der Waals surface area contributed by atoms with Gasteiger partial charge in [0.05, 0.1) is 17.6 Å². The Hall–Kier alpha value is -1.77. The molecule has 0 aromatic carbocycles. The van der Waals surface area contributed by atoms with Crippen LogP contribution in [-0.4, -0.2) is 53.1 Å². The number of pyridine rings is 1. The molecule has 1 unspecified atom stereocenters. The minimum atomic E-state index is -0.655. The first-order chi connectivity index (χ1) is 9.52. The fraction of sp³-hybridized carbons (Fsp3) is 0.455. The van der Waals surface area contributed by atoms with E-state index in [9.17, 15) is 14.9 Å². The van der Waals surface area contributed by atoms with Crippen molar-refractivity contribution in [3.05, 3.63) is 33.1 Å². The quantitative estimate of drug-likeness (QED) is 0.492. The molecule has 1 aromatic rings. The van der Waals surface area contributed by atoms with Gasteiger partial charge in [0.1, 0.15) is 16.9 Å². The Labute approximate surface area is 119 Å². The smallest absolute Gasteiger partial charge is 0.300 e. The Morgan fingerprint density at radius 2 is 2.45 bits per heavy atom. The molecule has 1 saturated heterocycles. The standard InChI is InChI=1S/C11H13ClN4O4/c12-10-3-8(9(5-14-10)16(18)19)11(17)15-1-2-20-7(4-13)6-15/h3,5,7H,1-2,4,6,13H2. The van der Waals surface area contributed by atoms with Crippen LogP contribution in [0, 0.1) is 10.1 Å². The van der Waals surface area contributed by atoms with Crippen LogP contribution in [0.3, 0.4) is 0 Å². The fourth-order valence-electron chi connectivity index (χ4n) is 1.96.